The molecule has 0 radical (unpaired) electrons. The molecule has 1 saturated heterocycles. The molecule has 1 aromatic carbocycles. The molecule has 0 N–H and O–H groups in total. The van der Waals surface area contributed by atoms with Crippen LogP contribution < -0.4 is 0 Å². The molecule has 0 aliphatic carbocycles. The van der Waals surface area contributed by atoms with Gasteiger partial charge in [-0.25, -0.2) is 12.8 Å². The molecule has 122 valence electrons. The Bertz CT molecular complexity index is 664. The highest BCUT2D eigenvalue weighted by Gasteiger charge is 2.36. The molecule has 1 amide bonds. The predicted molar refractivity (Wildman–Crippen MR) is 83.6 cm³/mol. The van der Waals surface area contributed by atoms with Crippen molar-refractivity contribution in [1.29, 1.82) is 0 Å². The van der Waals surface area contributed by atoms with Crippen LogP contribution in [0.2, 0.25) is 0 Å². The zero-order chi connectivity index (χ0) is 16.5. The second-order valence-corrected chi connectivity index (χ2v) is 9.01. The van der Waals surface area contributed by atoms with E-state index < -0.39 is 26.3 Å². The number of hydrogen-bond acceptors (Lipinski definition) is 3. The molecule has 4 nitrogen and oxygen atoms in total. The molecule has 0 saturated carbocycles. The molecule has 1 unspecified atom stereocenters. The predicted octanol–water partition coefficient (Wildman–Crippen LogP) is 2.56. The van der Waals surface area contributed by atoms with Crippen molar-refractivity contribution in [2.75, 3.05) is 18.8 Å². The van der Waals surface area contributed by atoms with E-state index in [1.165, 1.54) is 18.2 Å². The van der Waals surface area contributed by atoms with Gasteiger partial charge in [0.1, 0.15) is 5.82 Å². The fourth-order valence-corrected chi connectivity index (χ4v) is 4.51. The second-order valence-electron chi connectivity index (χ2n) is 6.71. The van der Waals surface area contributed by atoms with Crippen LogP contribution in [0.1, 0.15) is 38.0 Å². The summed E-state index contributed by atoms with van der Waals surface area (Å²) in [5.41, 5.74) is -0.353. The van der Waals surface area contributed by atoms with E-state index in [1.54, 1.807) is 11.0 Å². The highest BCUT2D eigenvalue weighted by molar-refractivity contribution is 7.91. The van der Waals surface area contributed by atoms with Crippen molar-refractivity contribution in [1.82, 2.24) is 4.90 Å². The number of carbonyl (C=O) groups excluding carboxylic acids is 1. The van der Waals surface area contributed by atoms with E-state index in [4.69, 9.17) is 0 Å². The topological polar surface area (TPSA) is 54.5 Å². The maximum absolute atomic E-state index is 14.0. The molecule has 2 rings (SSSR count). The van der Waals surface area contributed by atoms with E-state index in [0.717, 1.165) is 0 Å². The van der Waals surface area contributed by atoms with Gasteiger partial charge in [-0.05, 0) is 12.5 Å². The first-order chi connectivity index (χ1) is 10.1. The molecule has 6 heteroatoms. The van der Waals surface area contributed by atoms with Crippen LogP contribution in [0.3, 0.4) is 0 Å². The van der Waals surface area contributed by atoms with Crippen LogP contribution in [0, 0.1) is 11.2 Å². The highest BCUT2D eigenvalue weighted by atomic mass is 32.2. The normalized spacial score (nSPS) is 22.2. The van der Waals surface area contributed by atoms with E-state index in [9.17, 15) is 17.6 Å². The van der Waals surface area contributed by atoms with Gasteiger partial charge in [-0.1, -0.05) is 39.0 Å². The van der Waals surface area contributed by atoms with Crippen LogP contribution in [0.15, 0.2) is 24.3 Å². The van der Waals surface area contributed by atoms with Gasteiger partial charge >= 0.3 is 0 Å². The smallest absolute Gasteiger partial charge is 0.227 e. The van der Waals surface area contributed by atoms with Gasteiger partial charge in [0.15, 0.2) is 9.84 Å². The van der Waals surface area contributed by atoms with Gasteiger partial charge in [-0.3, -0.25) is 4.79 Å². The van der Waals surface area contributed by atoms with Crippen molar-refractivity contribution in [3.8, 4) is 0 Å². The summed E-state index contributed by atoms with van der Waals surface area (Å²) in [6, 6.07) is 5.96. The second kappa shape index (κ2) is 5.99. The first kappa shape index (κ1) is 16.9. The summed E-state index contributed by atoms with van der Waals surface area (Å²) in [6.07, 6.45) is 0.227. The van der Waals surface area contributed by atoms with Gasteiger partial charge in [0.2, 0.25) is 5.91 Å². The minimum absolute atomic E-state index is 0.0723. The Kier molecular flexibility index (Phi) is 4.61. The molecule has 1 fully saturated rings. The zero-order valence-electron chi connectivity index (χ0n) is 13.2. The number of benzene rings is 1. The number of hydrogen-bond donors (Lipinski definition) is 0. The summed E-state index contributed by atoms with van der Waals surface area (Å²) in [4.78, 5) is 13.9. The minimum atomic E-state index is -3.48. The third-order valence-corrected chi connectivity index (χ3v) is 6.03. The Morgan fingerprint density at radius 3 is 2.45 bits per heavy atom. The van der Waals surface area contributed by atoms with Gasteiger partial charge in [-0.15, -0.1) is 0 Å². The van der Waals surface area contributed by atoms with Gasteiger partial charge in [0, 0.05) is 24.1 Å². The van der Waals surface area contributed by atoms with Gasteiger partial charge < -0.3 is 4.90 Å². The van der Waals surface area contributed by atoms with Crippen LogP contribution in [-0.4, -0.2) is 38.1 Å². The standard InChI is InChI=1S/C16H22FNO3S/c1-16(2,3)15(19)18-9-8-14(22(20,21)11-10-18)12-6-4-5-7-13(12)17/h4-7,14H,8-11H2,1-3H3. The number of nitrogens with zero attached hydrogens (tertiary/aromatic N) is 1. The summed E-state index contributed by atoms with van der Waals surface area (Å²) in [6.45, 7) is 5.92. The molecule has 1 aromatic rings. The first-order valence-electron chi connectivity index (χ1n) is 7.38. The highest BCUT2D eigenvalue weighted by Crippen LogP contribution is 2.32. The monoisotopic (exact) mass is 327 g/mol. The average molecular weight is 327 g/mol. The van der Waals surface area contributed by atoms with E-state index in [2.05, 4.69) is 0 Å². The lowest BCUT2D eigenvalue weighted by Crippen LogP contribution is -2.41. The Morgan fingerprint density at radius 1 is 1.23 bits per heavy atom. The number of halogens is 1. The lowest BCUT2D eigenvalue weighted by molar-refractivity contribution is -0.139. The number of rotatable bonds is 1. The third-order valence-electron chi connectivity index (χ3n) is 3.92. The summed E-state index contributed by atoms with van der Waals surface area (Å²) in [7, 11) is -3.48. The summed E-state index contributed by atoms with van der Waals surface area (Å²) in [5.74, 6) is -0.711. The molecule has 1 aliphatic heterocycles. The van der Waals surface area contributed by atoms with Crippen molar-refractivity contribution in [3.05, 3.63) is 35.6 Å². The lowest BCUT2D eigenvalue weighted by atomic mass is 9.94. The van der Waals surface area contributed by atoms with Crippen molar-refractivity contribution >= 4 is 15.7 Å². The molecule has 0 aromatic heterocycles. The fourth-order valence-electron chi connectivity index (χ4n) is 2.71. The molecule has 1 aliphatic rings. The summed E-state index contributed by atoms with van der Waals surface area (Å²) >= 11 is 0. The summed E-state index contributed by atoms with van der Waals surface area (Å²) < 4.78 is 38.9. The minimum Gasteiger partial charge on any atom is -0.341 e. The van der Waals surface area contributed by atoms with Crippen LogP contribution in [0.4, 0.5) is 4.39 Å². The third kappa shape index (κ3) is 3.48. The molecular weight excluding hydrogens is 305 g/mol. The largest absolute Gasteiger partial charge is 0.341 e. The van der Waals surface area contributed by atoms with Crippen LogP contribution in [0.25, 0.3) is 0 Å². The maximum Gasteiger partial charge on any atom is 0.227 e. The van der Waals surface area contributed by atoms with Gasteiger partial charge in [0.05, 0.1) is 11.0 Å². The Balaban J connectivity index is 2.29. The molecule has 0 spiro atoms. The molecule has 1 heterocycles. The van der Waals surface area contributed by atoms with Crippen molar-refractivity contribution < 1.29 is 17.6 Å². The Morgan fingerprint density at radius 2 is 1.86 bits per heavy atom. The number of carbonyl (C=O) groups is 1. The van der Waals surface area contributed by atoms with Crippen molar-refractivity contribution in [2.45, 2.75) is 32.4 Å². The van der Waals surface area contributed by atoms with E-state index in [-0.39, 0.29) is 30.2 Å². The van der Waals surface area contributed by atoms with Crippen molar-refractivity contribution in [2.24, 2.45) is 5.41 Å². The van der Waals surface area contributed by atoms with Crippen LogP contribution >= 0.6 is 0 Å². The molecule has 1 atom stereocenters. The maximum atomic E-state index is 14.0. The first-order valence-corrected chi connectivity index (χ1v) is 9.10. The van der Waals surface area contributed by atoms with Gasteiger partial charge in [0.25, 0.3) is 0 Å². The van der Waals surface area contributed by atoms with Gasteiger partial charge in [-0.2, -0.15) is 0 Å². The molecule has 0 bridgehead atoms. The number of amides is 1. The molecule has 22 heavy (non-hydrogen) atoms. The fraction of sp³-hybridized carbons (Fsp3) is 0.562. The zero-order valence-corrected chi connectivity index (χ0v) is 14.0. The van der Waals surface area contributed by atoms with E-state index in [0.29, 0.717) is 6.54 Å². The van der Waals surface area contributed by atoms with Crippen LogP contribution in [-0.2, 0) is 14.6 Å². The van der Waals surface area contributed by atoms with E-state index >= 15 is 0 Å². The van der Waals surface area contributed by atoms with E-state index in [1.807, 2.05) is 20.8 Å². The lowest BCUT2D eigenvalue weighted by Gasteiger charge is -2.28. The number of sulfone groups is 1. The Labute approximate surface area is 131 Å². The summed E-state index contributed by atoms with van der Waals surface area (Å²) in [5, 5.41) is -0.883. The van der Waals surface area contributed by atoms with Crippen molar-refractivity contribution in [3.63, 3.8) is 0 Å². The average Bonchev–Trinajstić information content (AvgIpc) is 2.56. The quantitative estimate of drug-likeness (QED) is 0.796. The van der Waals surface area contributed by atoms with Crippen LogP contribution in [0.5, 0.6) is 0 Å². The SMILES string of the molecule is CC(C)(C)C(=O)N1CCC(c2ccccc2F)S(=O)(=O)CC1. The molecular formula is C16H22FNO3S. The Hall–Kier alpha value is -1.43.